The zero-order chi connectivity index (χ0) is 19.2. The molecule has 0 aliphatic heterocycles. The van der Waals surface area contributed by atoms with Crippen LogP contribution in [0.15, 0.2) is 78.9 Å². The minimum absolute atomic E-state index is 0.128. The Balaban J connectivity index is 1.89. The van der Waals surface area contributed by atoms with E-state index in [4.69, 9.17) is 5.73 Å². The summed E-state index contributed by atoms with van der Waals surface area (Å²) in [6.07, 6.45) is 0. The van der Waals surface area contributed by atoms with Gasteiger partial charge in [0.25, 0.3) is 0 Å². The fourth-order valence-electron chi connectivity index (χ4n) is 2.93. The fraction of sp³-hybridized carbons (Fsp3) is 0.130. The molecule has 134 valence electrons. The van der Waals surface area contributed by atoms with Crippen LogP contribution in [-0.2, 0) is 0 Å². The average Bonchev–Trinajstić information content (AvgIpc) is 2.73. The maximum atomic E-state index is 12.8. The smallest absolute Gasteiger partial charge is 0.195 e. The predicted octanol–water partition coefficient (Wildman–Crippen LogP) is 5.56. The van der Waals surface area contributed by atoms with E-state index in [2.05, 4.69) is 13.0 Å². The lowest BCUT2D eigenvalue weighted by molar-refractivity contribution is 0.103. The number of rotatable bonds is 6. The topological polar surface area (TPSA) is 66.9 Å². The molecule has 0 aliphatic rings. The molecule has 2 N–H and O–H groups in total. The van der Waals surface area contributed by atoms with Crippen LogP contribution >= 0.6 is 11.8 Å². The molecule has 0 saturated carbocycles. The average molecular weight is 372 g/mol. The van der Waals surface area contributed by atoms with Crippen LogP contribution in [0.25, 0.3) is 0 Å². The normalized spacial score (nSPS) is 12.7. The summed E-state index contributed by atoms with van der Waals surface area (Å²) in [5, 5.41) is 9.41. The van der Waals surface area contributed by atoms with E-state index < -0.39 is 5.25 Å². The number of para-hydroxylation sites is 1. The lowest BCUT2D eigenvalue weighted by Crippen LogP contribution is -2.09. The summed E-state index contributed by atoms with van der Waals surface area (Å²) in [5.41, 5.74) is 9.57. The summed E-state index contributed by atoms with van der Waals surface area (Å²) in [5.74, 6) is -0.132. The molecule has 2 unspecified atom stereocenters. The van der Waals surface area contributed by atoms with E-state index >= 15 is 0 Å². The number of ketones is 1. The first kappa shape index (κ1) is 18.8. The van der Waals surface area contributed by atoms with Crippen molar-refractivity contribution in [2.75, 3.05) is 5.73 Å². The Bertz CT molecular complexity index is 965. The van der Waals surface area contributed by atoms with Gasteiger partial charge in [-0.2, -0.15) is 5.26 Å². The van der Waals surface area contributed by atoms with E-state index in [0.29, 0.717) is 22.4 Å². The third kappa shape index (κ3) is 4.21. The highest BCUT2D eigenvalue weighted by atomic mass is 32.2. The molecule has 0 amide bonds. The Labute approximate surface area is 163 Å². The highest BCUT2D eigenvalue weighted by Gasteiger charge is 2.22. The van der Waals surface area contributed by atoms with E-state index in [-0.39, 0.29) is 11.0 Å². The number of thioether (sulfide) groups is 1. The highest BCUT2D eigenvalue weighted by Crippen LogP contribution is 2.42. The first-order chi connectivity index (χ1) is 13.1. The Morgan fingerprint density at radius 3 is 2.22 bits per heavy atom. The summed E-state index contributed by atoms with van der Waals surface area (Å²) in [6, 6.07) is 26.8. The van der Waals surface area contributed by atoms with Gasteiger partial charge in [-0.3, -0.25) is 4.79 Å². The second kappa shape index (κ2) is 8.57. The van der Waals surface area contributed by atoms with Crippen LogP contribution in [0, 0.1) is 11.3 Å². The third-order valence-electron chi connectivity index (χ3n) is 4.43. The second-order valence-electron chi connectivity index (χ2n) is 6.20. The number of nitrogens with two attached hydrogens (primary N) is 1. The maximum Gasteiger partial charge on any atom is 0.195 e. The van der Waals surface area contributed by atoms with Crippen molar-refractivity contribution in [3.8, 4) is 6.07 Å². The number of anilines is 1. The zero-order valence-corrected chi connectivity index (χ0v) is 15.8. The van der Waals surface area contributed by atoms with Crippen LogP contribution in [0.3, 0.4) is 0 Å². The quantitative estimate of drug-likeness (QED) is 0.454. The Morgan fingerprint density at radius 2 is 1.59 bits per heavy atom. The molecule has 27 heavy (non-hydrogen) atoms. The van der Waals surface area contributed by atoms with Crippen molar-refractivity contribution >= 4 is 23.2 Å². The van der Waals surface area contributed by atoms with Gasteiger partial charge in [0.15, 0.2) is 5.78 Å². The molecule has 0 bridgehead atoms. The van der Waals surface area contributed by atoms with E-state index in [1.165, 1.54) is 11.8 Å². The van der Waals surface area contributed by atoms with Gasteiger partial charge in [0.05, 0.1) is 6.07 Å². The van der Waals surface area contributed by atoms with E-state index in [0.717, 1.165) is 5.56 Å². The zero-order valence-electron chi connectivity index (χ0n) is 15.0. The lowest BCUT2D eigenvalue weighted by atomic mass is 9.98. The number of hydrogen-bond acceptors (Lipinski definition) is 4. The van der Waals surface area contributed by atoms with Crippen molar-refractivity contribution in [2.45, 2.75) is 17.4 Å². The SMILES string of the molecule is CC(SC(C#N)c1cccc(C(=O)c2ccccc2)c1N)c1ccccc1. The molecular weight excluding hydrogens is 352 g/mol. The van der Waals surface area contributed by atoms with Gasteiger partial charge in [-0.1, -0.05) is 72.8 Å². The van der Waals surface area contributed by atoms with Gasteiger partial charge in [0.2, 0.25) is 0 Å². The molecule has 3 nitrogen and oxygen atoms in total. The first-order valence-electron chi connectivity index (χ1n) is 8.70. The summed E-state index contributed by atoms with van der Waals surface area (Å²) >= 11 is 1.53. The van der Waals surface area contributed by atoms with Crippen molar-refractivity contribution in [1.29, 1.82) is 5.26 Å². The molecule has 0 aliphatic carbocycles. The Morgan fingerprint density at radius 1 is 0.963 bits per heavy atom. The van der Waals surface area contributed by atoms with Crippen LogP contribution < -0.4 is 5.73 Å². The van der Waals surface area contributed by atoms with Gasteiger partial charge in [-0.25, -0.2) is 0 Å². The molecule has 0 fully saturated rings. The molecule has 0 aromatic heterocycles. The molecular formula is C23H20N2OS. The lowest BCUT2D eigenvalue weighted by Gasteiger charge is -2.18. The minimum atomic E-state index is -0.455. The number of nitriles is 1. The van der Waals surface area contributed by atoms with Crippen molar-refractivity contribution in [3.63, 3.8) is 0 Å². The van der Waals surface area contributed by atoms with Crippen molar-refractivity contribution in [1.82, 2.24) is 0 Å². The molecule has 2 atom stereocenters. The molecule has 0 saturated heterocycles. The van der Waals surface area contributed by atoms with Gasteiger partial charge < -0.3 is 5.73 Å². The monoisotopic (exact) mass is 372 g/mol. The fourth-order valence-corrected chi connectivity index (χ4v) is 4.07. The Hall–Kier alpha value is -3.03. The van der Waals surface area contributed by atoms with Crippen molar-refractivity contribution in [3.05, 3.63) is 101 Å². The van der Waals surface area contributed by atoms with Crippen LogP contribution in [0.5, 0.6) is 0 Å². The number of nitrogens with zero attached hydrogens (tertiary/aromatic N) is 1. The molecule has 3 aromatic rings. The summed E-state index contributed by atoms with van der Waals surface area (Å²) in [7, 11) is 0. The standard InChI is InChI=1S/C23H20N2OS/c1-16(17-9-4-2-5-10-17)27-21(15-24)19-13-8-14-20(22(19)25)23(26)18-11-6-3-7-12-18/h2-14,16,21H,25H2,1H3. The molecule has 0 radical (unpaired) electrons. The number of hydrogen-bond donors (Lipinski definition) is 1. The van der Waals surface area contributed by atoms with Crippen molar-refractivity contribution in [2.24, 2.45) is 0 Å². The number of nitrogen functional groups attached to an aromatic ring is 1. The minimum Gasteiger partial charge on any atom is -0.398 e. The largest absolute Gasteiger partial charge is 0.398 e. The molecule has 4 heteroatoms. The van der Waals surface area contributed by atoms with Gasteiger partial charge in [-0.15, -0.1) is 11.8 Å². The van der Waals surface area contributed by atoms with Gasteiger partial charge in [-0.05, 0) is 18.6 Å². The van der Waals surface area contributed by atoms with Crippen LogP contribution in [0.2, 0.25) is 0 Å². The second-order valence-corrected chi connectivity index (χ2v) is 7.65. The summed E-state index contributed by atoms with van der Waals surface area (Å²) in [6.45, 7) is 2.07. The predicted molar refractivity (Wildman–Crippen MR) is 112 cm³/mol. The van der Waals surface area contributed by atoms with Crippen molar-refractivity contribution < 1.29 is 4.79 Å². The number of benzene rings is 3. The molecule has 0 spiro atoms. The summed E-state index contributed by atoms with van der Waals surface area (Å²) in [4.78, 5) is 12.8. The molecule has 0 heterocycles. The number of carbonyl (C=O) groups is 1. The summed E-state index contributed by atoms with van der Waals surface area (Å²) < 4.78 is 0. The number of carbonyl (C=O) groups excluding carboxylic acids is 1. The van der Waals surface area contributed by atoms with E-state index in [1.807, 2.05) is 54.6 Å². The highest BCUT2D eigenvalue weighted by molar-refractivity contribution is 8.00. The van der Waals surface area contributed by atoms with E-state index in [1.54, 1.807) is 24.3 Å². The van der Waals surface area contributed by atoms with Gasteiger partial charge in [0, 0.05) is 27.6 Å². The maximum absolute atomic E-state index is 12.8. The van der Waals surface area contributed by atoms with Gasteiger partial charge >= 0.3 is 0 Å². The third-order valence-corrected chi connectivity index (χ3v) is 5.74. The van der Waals surface area contributed by atoms with E-state index in [9.17, 15) is 10.1 Å². The van der Waals surface area contributed by atoms with Crippen LogP contribution in [0.4, 0.5) is 5.69 Å². The Kier molecular flexibility index (Phi) is 5.95. The van der Waals surface area contributed by atoms with Crippen LogP contribution in [0.1, 0.15) is 44.5 Å². The molecule has 3 rings (SSSR count). The molecule has 3 aromatic carbocycles. The van der Waals surface area contributed by atoms with Gasteiger partial charge in [0.1, 0.15) is 5.25 Å². The first-order valence-corrected chi connectivity index (χ1v) is 9.64. The van der Waals surface area contributed by atoms with Crippen LogP contribution in [-0.4, -0.2) is 5.78 Å².